The predicted octanol–water partition coefficient (Wildman–Crippen LogP) is 3.43. The van der Waals surface area contributed by atoms with Crippen LogP contribution >= 0.6 is 11.6 Å². The minimum atomic E-state index is -0.520. The first kappa shape index (κ1) is 24.8. The predicted molar refractivity (Wildman–Crippen MR) is 131 cm³/mol. The summed E-state index contributed by atoms with van der Waals surface area (Å²) in [7, 11) is 1.63. The molecular weight excluding hydrogens is 456 g/mol. The fourth-order valence-corrected chi connectivity index (χ4v) is 5.47. The molecule has 3 aliphatic rings. The maximum atomic E-state index is 13.3. The lowest BCUT2D eigenvalue weighted by atomic mass is 9.89. The molecule has 2 heterocycles. The average molecular weight is 491 g/mol. The minimum absolute atomic E-state index is 0.000690. The molecule has 0 bridgehead atoms. The summed E-state index contributed by atoms with van der Waals surface area (Å²) in [5.41, 5.74) is 6.19. The molecule has 1 saturated carbocycles. The van der Waals surface area contributed by atoms with Crippen molar-refractivity contribution in [2.45, 2.75) is 76.6 Å². The lowest BCUT2D eigenvalue weighted by molar-refractivity contribution is -0.132. The second kappa shape index (κ2) is 9.04. The number of carbonyl (C=O) groups excluding carboxylic acids is 2. The third kappa shape index (κ3) is 5.18. The van der Waals surface area contributed by atoms with Crippen LogP contribution in [0.15, 0.2) is 23.2 Å². The number of methoxy groups -OCH3 is 1. The van der Waals surface area contributed by atoms with Crippen molar-refractivity contribution < 1.29 is 19.1 Å². The SMILES string of the molecule is COCC[C@H]([C@H]1CC1C(=O)N[C@H]1CC(C)(C)Oc2ccc(Cl)cc21)N1C(=O)CC(C)(C)N=C1N. The van der Waals surface area contributed by atoms with Crippen molar-refractivity contribution in [1.29, 1.82) is 0 Å². The molecule has 0 spiro atoms. The Morgan fingerprint density at radius 2 is 2.12 bits per heavy atom. The Morgan fingerprint density at radius 3 is 2.79 bits per heavy atom. The Bertz CT molecular complexity index is 1010. The van der Waals surface area contributed by atoms with Gasteiger partial charge in [-0.1, -0.05) is 11.6 Å². The van der Waals surface area contributed by atoms with E-state index in [0.29, 0.717) is 30.9 Å². The lowest BCUT2D eigenvalue weighted by Crippen LogP contribution is -2.55. The zero-order valence-corrected chi connectivity index (χ0v) is 21.3. The number of benzene rings is 1. The highest BCUT2D eigenvalue weighted by atomic mass is 35.5. The molecule has 186 valence electrons. The van der Waals surface area contributed by atoms with Gasteiger partial charge in [0.15, 0.2) is 5.96 Å². The van der Waals surface area contributed by atoms with E-state index in [9.17, 15) is 9.59 Å². The summed E-state index contributed by atoms with van der Waals surface area (Å²) < 4.78 is 11.4. The third-order valence-electron chi connectivity index (χ3n) is 6.88. The van der Waals surface area contributed by atoms with E-state index in [-0.39, 0.29) is 48.1 Å². The highest BCUT2D eigenvalue weighted by molar-refractivity contribution is 6.30. The number of rotatable bonds is 7. The van der Waals surface area contributed by atoms with Crippen LogP contribution in [0.4, 0.5) is 0 Å². The van der Waals surface area contributed by atoms with Gasteiger partial charge in [0.1, 0.15) is 11.4 Å². The van der Waals surface area contributed by atoms with E-state index >= 15 is 0 Å². The number of nitrogens with one attached hydrogen (secondary N) is 1. The normalized spacial score (nSPS) is 27.8. The van der Waals surface area contributed by atoms with Gasteiger partial charge in [-0.15, -0.1) is 0 Å². The molecule has 0 radical (unpaired) electrons. The molecular formula is C25H35ClN4O4. The number of aliphatic imine (C=N–C) groups is 1. The van der Waals surface area contributed by atoms with Crippen LogP contribution in [0.5, 0.6) is 5.75 Å². The van der Waals surface area contributed by atoms with E-state index in [1.54, 1.807) is 18.1 Å². The molecule has 4 atom stereocenters. The van der Waals surface area contributed by atoms with Crippen LogP contribution in [-0.4, -0.2) is 53.6 Å². The number of nitrogens with two attached hydrogens (primary N) is 1. The number of hydrogen-bond donors (Lipinski definition) is 2. The van der Waals surface area contributed by atoms with Gasteiger partial charge in [0.2, 0.25) is 11.8 Å². The van der Waals surface area contributed by atoms with Crippen LogP contribution in [0.1, 0.15) is 65.0 Å². The van der Waals surface area contributed by atoms with Crippen molar-refractivity contribution in [1.82, 2.24) is 10.2 Å². The number of hydrogen-bond acceptors (Lipinski definition) is 6. The summed E-state index contributed by atoms with van der Waals surface area (Å²) in [5, 5.41) is 3.83. The van der Waals surface area contributed by atoms with Crippen LogP contribution in [0.25, 0.3) is 0 Å². The van der Waals surface area contributed by atoms with E-state index in [4.69, 9.17) is 26.8 Å². The highest BCUT2D eigenvalue weighted by Gasteiger charge is 2.52. The molecule has 0 aromatic heterocycles. The van der Waals surface area contributed by atoms with Gasteiger partial charge in [-0.05, 0) is 64.7 Å². The number of nitrogens with zero attached hydrogens (tertiary/aromatic N) is 2. The van der Waals surface area contributed by atoms with Crippen LogP contribution < -0.4 is 15.8 Å². The quantitative estimate of drug-likeness (QED) is 0.609. The molecule has 1 aliphatic carbocycles. The number of amides is 2. The number of guanidine groups is 1. The van der Waals surface area contributed by atoms with Crippen molar-refractivity contribution in [3.05, 3.63) is 28.8 Å². The minimum Gasteiger partial charge on any atom is -0.487 e. The van der Waals surface area contributed by atoms with E-state index in [2.05, 4.69) is 10.3 Å². The Labute approximate surface area is 206 Å². The first-order valence-corrected chi connectivity index (χ1v) is 12.2. The van der Waals surface area contributed by atoms with Gasteiger partial charge in [0.25, 0.3) is 0 Å². The maximum Gasteiger partial charge on any atom is 0.231 e. The van der Waals surface area contributed by atoms with Crippen molar-refractivity contribution in [3.8, 4) is 5.75 Å². The molecule has 2 amide bonds. The summed E-state index contributed by atoms with van der Waals surface area (Å²) in [6.45, 7) is 8.28. The standard InChI is InChI=1S/C25H35ClN4O4/c1-24(2)13-21(31)30(23(27)29-24)19(8-9-33-5)15-11-16(15)22(32)28-18-12-25(3,4)34-20-7-6-14(26)10-17(18)20/h6-7,10,15-16,18-19H,8-9,11-13H2,1-5H3,(H2,27,29)(H,28,32)/t15-,16?,18-,19+/m0/s1. The van der Waals surface area contributed by atoms with Crippen molar-refractivity contribution in [2.75, 3.05) is 13.7 Å². The fraction of sp³-hybridized carbons (Fsp3) is 0.640. The molecule has 2 aliphatic heterocycles. The summed E-state index contributed by atoms with van der Waals surface area (Å²) in [5.74, 6) is 0.678. The van der Waals surface area contributed by atoms with Gasteiger partial charge in [-0.25, -0.2) is 4.99 Å². The van der Waals surface area contributed by atoms with Gasteiger partial charge in [-0.3, -0.25) is 14.5 Å². The first-order chi connectivity index (χ1) is 15.9. The van der Waals surface area contributed by atoms with Gasteiger partial charge in [0.05, 0.1) is 18.0 Å². The Hall–Kier alpha value is -2.32. The second-order valence-electron chi connectivity index (χ2n) is 10.9. The van der Waals surface area contributed by atoms with Gasteiger partial charge >= 0.3 is 0 Å². The van der Waals surface area contributed by atoms with Crippen LogP contribution in [-0.2, 0) is 14.3 Å². The Kier molecular flexibility index (Phi) is 6.59. The second-order valence-corrected chi connectivity index (χ2v) is 11.3. The number of fused-ring (bicyclic) bond motifs is 1. The van der Waals surface area contributed by atoms with E-state index in [1.807, 2.05) is 39.8 Å². The van der Waals surface area contributed by atoms with E-state index < -0.39 is 11.1 Å². The molecule has 1 aromatic rings. The smallest absolute Gasteiger partial charge is 0.231 e. The lowest BCUT2D eigenvalue weighted by Gasteiger charge is -2.38. The van der Waals surface area contributed by atoms with E-state index in [1.165, 1.54) is 0 Å². The molecule has 34 heavy (non-hydrogen) atoms. The zero-order valence-electron chi connectivity index (χ0n) is 20.6. The fourth-order valence-electron chi connectivity index (χ4n) is 5.29. The first-order valence-electron chi connectivity index (χ1n) is 11.9. The number of carbonyl (C=O) groups is 2. The largest absolute Gasteiger partial charge is 0.487 e. The number of halogens is 1. The van der Waals surface area contributed by atoms with Crippen LogP contribution in [0.2, 0.25) is 5.02 Å². The van der Waals surface area contributed by atoms with Crippen LogP contribution in [0, 0.1) is 11.8 Å². The van der Waals surface area contributed by atoms with Crippen molar-refractivity contribution in [3.63, 3.8) is 0 Å². The van der Waals surface area contributed by atoms with Gasteiger partial charge in [0, 0.05) is 42.7 Å². The number of ether oxygens (including phenoxy) is 2. The average Bonchev–Trinajstić information content (AvgIpc) is 3.50. The van der Waals surface area contributed by atoms with Gasteiger partial charge in [-0.2, -0.15) is 0 Å². The summed E-state index contributed by atoms with van der Waals surface area (Å²) in [6, 6.07) is 5.07. The summed E-state index contributed by atoms with van der Waals surface area (Å²) >= 11 is 6.23. The molecule has 8 nitrogen and oxygen atoms in total. The van der Waals surface area contributed by atoms with Crippen LogP contribution in [0.3, 0.4) is 0 Å². The van der Waals surface area contributed by atoms with Gasteiger partial charge < -0.3 is 20.5 Å². The van der Waals surface area contributed by atoms with Crippen molar-refractivity contribution >= 4 is 29.4 Å². The summed E-state index contributed by atoms with van der Waals surface area (Å²) in [4.78, 5) is 32.4. The molecule has 0 saturated heterocycles. The molecule has 3 N–H and O–H groups in total. The summed E-state index contributed by atoms with van der Waals surface area (Å²) in [6.07, 6.45) is 2.21. The molecule has 9 heteroatoms. The topological polar surface area (TPSA) is 106 Å². The Balaban J connectivity index is 1.51. The molecule has 4 rings (SSSR count). The Morgan fingerprint density at radius 1 is 1.38 bits per heavy atom. The molecule has 1 unspecified atom stereocenters. The van der Waals surface area contributed by atoms with Crippen molar-refractivity contribution in [2.24, 2.45) is 22.6 Å². The monoisotopic (exact) mass is 490 g/mol. The zero-order chi connectivity index (χ0) is 24.8. The maximum absolute atomic E-state index is 13.3. The van der Waals surface area contributed by atoms with E-state index in [0.717, 1.165) is 11.3 Å². The molecule has 1 fully saturated rings. The third-order valence-corrected chi connectivity index (χ3v) is 7.12. The molecule has 1 aromatic carbocycles. The highest BCUT2D eigenvalue weighted by Crippen LogP contribution is 2.47.